The summed E-state index contributed by atoms with van der Waals surface area (Å²) in [4.78, 5) is 66.6. The number of nitrogens with one attached hydrogen (secondary N) is 5. The number of rotatable bonds is 17. The van der Waals surface area contributed by atoms with E-state index in [1.165, 1.54) is 24.7 Å². The minimum atomic E-state index is -1.34. The van der Waals surface area contributed by atoms with Gasteiger partial charge in [0.25, 0.3) is 0 Å². The summed E-state index contributed by atoms with van der Waals surface area (Å²) in [5.41, 5.74) is 19.5. The van der Waals surface area contributed by atoms with Gasteiger partial charge in [-0.3, -0.25) is 19.4 Å². The minimum Gasteiger partial charge on any atom is -0.508 e. The van der Waals surface area contributed by atoms with Crippen molar-refractivity contribution in [3.63, 3.8) is 0 Å². The molecule has 0 saturated heterocycles. The largest absolute Gasteiger partial charge is 0.508 e. The Kier molecular flexibility index (Phi) is 12.1. The number of phenols is 1. The van der Waals surface area contributed by atoms with Gasteiger partial charge in [0.1, 0.15) is 23.9 Å². The third-order valence-electron chi connectivity index (χ3n) is 7.64. The zero-order valence-corrected chi connectivity index (χ0v) is 26.1. The van der Waals surface area contributed by atoms with Gasteiger partial charge in [-0.2, -0.15) is 0 Å². The second-order valence-electron chi connectivity index (χ2n) is 11.3. The molecule has 254 valence electrons. The molecule has 13 N–H and O–H groups in total. The lowest BCUT2D eigenvalue weighted by Gasteiger charge is -2.25. The second-order valence-corrected chi connectivity index (χ2v) is 11.3. The van der Waals surface area contributed by atoms with Gasteiger partial charge in [-0.05, 0) is 42.2 Å². The Bertz CT molecular complexity index is 1720. The SMILES string of the molecule is NC(N)=NCCCC(N)C(=O)NC(Cc1c[nH]c2ccccc12)C(=O)NC(Cc1ccc(O)cc1)C(=O)NC(Cc1cnc[nH]1)C(=O)O. The average molecular weight is 661 g/mol. The van der Waals surface area contributed by atoms with Crippen molar-refractivity contribution in [2.75, 3.05) is 6.54 Å². The summed E-state index contributed by atoms with van der Waals surface area (Å²) < 4.78 is 0. The summed E-state index contributed by atoms with van der Waals surface area (Å²) >= 11 is 0. The minimum absolute atomic E-state index is 0.00503. The number of para-hydroxylation sites is 1. The van der Waals surface area contributed by atoms with Crippen LogP contribution in [0.4, 0.5) is 0 Å². The van der Waals surface area contributed by atoms with Crippen LogP contribution in [0.2, 0.25) is 0 Å². The molecule has 0 bridgehead atoms. The van der Waals surface area contributed by atoms with Crippen molar-refractivity contribution in [1.29, 1.82) is 0 Å². The van der Waals surface area contributed by atoms with Crippen LogP contribution < -0.4 is 33.2 Å². The molecule has 0 saturated carbocycles. The molecule has 4 atom stereocenters. The van der Waals surface area contributed by atoms with E-state index >= 15 is 0 Å². The number of carbonyl (C=O) groups is 4. The van der Waals surface area contributed by atoms with Crippen LogP contribution in [0.25, 0.3) is 10.9 Å². The Labute approximate surface area is 275 Å². The van der Waals surface area contributed by atoms with E-state index in [1.807, 2.05) is 24.3 Å². The molecule has 16 heteroatoms. The fourth-order valence-electron chi connectivity index (χ4n) is 5.10. The number of nitrogens with zero attached hydrogens (tertiary/aromatic N) is 2. The van der Waals surface area contributed by atoms with E-state index < -0.39 is 47.9 Å². The number of amides is 3. The quantitative estimate of drug-likeness (QED) is 0.0395. The Morgan fingerprint density at radius 2 is 1.52 bits per heavy atom. The summed E-state index contributed by atoms with van der Waals surface area (Å²) in [6, 6.07) is 8.72. The van der Waals surface area contributed by atoms with Gasteiger partial charge in [-0.1, -0.05) is 30.3 Å². The first kappa shape index (κ1) is 35.0. The summed E-state index contributed by atoms with van der Waals surface area (Å²) in [5.74, 6) is -3.41. The lowest BCUT2D eigenvalue weighted by molar-refractivity contribution is -0.142. The summed E-state index contributed by atoms with van der Waals surface area (Å²) in [5, 5.41) is 28.4. The monoisotopic (exact) mass is 660 g/mol. The number of guanidine groups is 1. The first-order valence-corrected chi connectivity index (χ1v) is 15.2. The normalized spacial score (nSPS) is 13.5. The van der Waals surface area contributed by atoms with E-state index in [4.69, 9.17) is 17.2 Å². The van der Waals surface area contributed by atoms with E-state index in [9.17, 15) is 29.4 Å². The highest BCUT2D eigenvalue weighted by molar-refractivity contribution is 5.95. The van der Waals surface area contributed by atoms with Gasteiger partial charge in [0.05, 0.1) is 12.4 Å². The van der Waals surface area contributed by atoms with Crippen LogP contribution in [0, 0.1) is 0 Å². The number of phenolic OH excluding ortho intramolecular Hbond substituents is 1. The second kappa shape index (κ2) is 16.6. The average Bonchev–Trinajstić information content (AvgIpc) is 3.73. The lowest BCUT2D eigenvalue weighted by Crippen LogP contribution is -2.58. The topological polar surface area (TPSA) is 280 Å². The zero-order valence-electron chi connectivity index (χ0n) is 26.1. The number of imidazole rings is 1. The molecule has 2 heterocycles. The van der Waals surface area contributed by atoms with E-state index in [1.54, 1.807) is 18.3 Å². The molecule has 3 amide bonds. The van der Waals surface area contributed by atoms with Gasteiger partial charge in [-0.15, -0.1) is 0 Å². The third-order valence-corrected chi connectivity index (χ3v) is 7.64. The van der Waals surface area contributed by atoms with Crippen molar-refractivity contribution < 1.29 is 29.4 Å². The highest BCUT2D eigenvalue weighted by atomic mass is 16.4. The molecule has 0 radical (unpaired) electrons. The number of aliphatic imine (C=N–C) groups is 1. The molecule has 0 spiro atoms. The Morgan fingerprint density at radius 1 is 0.854 bits per heavy atom. The maximum atomic E-state index is 14.0. The van der Waals surface area contributed by atoms with Gasteiger partial charge >= 0.3 is 5.97 Å². The highest BCUT2D eigenvalue weighted by Crippen LogP contribution is 2.20. The maximum Gasteiger partial charge on any atom is 0.326 e. The smallest absolute Gasteiger partial charge is 0.326 e. The molecule has 0 aliphatic carbocycles. The predicted molar refractivity (Wildman–Crippen MR) is 177 cm³/mol. The van der Waals surface area contributed by atoms with Crippen LogP contribution in [0.3, 0.4) is 0 Å². The Morgan fingerprint density at radius 3 is 2.19 bits per heavy atom. The van der Waals surface area contributed by atoms with Crippen molar-refractivity contribution in [1.82, 2.24) is 30.9 Å². The van der Waals surface area contributed by atoms with Crippen molar-refractivity contribution >= 4 is 40.6 Å². The molecule has 2 aromatic heterocycles. The van der Waals surface area contributed by atoms with Crippen LogP contribution in [0.15, 0.2) is 72.2 Å². The Hall–Kier alpha value is -5.90. The van der Waals surface area contributed by atoms with Gasteiger partial charge in [0.15, 0.2) is 5.96 Å². The van der Waals surface area contributed by atoms with Crippen LogP contribution in [0.1, 0.15) is 29.7 Å². The molecule has 48 heavy (non-hydrogen) atoms. The molecule has 0 fully saturated rings. The van der Waals surface area contributed by atoms with E-state index in [0.717, 1.165) is 16.5 Å². The first-order valence-electron chi connectivity index (χ1n) is 15.2. The van der Waals surface area contributed by atoms with E-state index in [2.05, 4.69) is 35.9 Å². The molecule has 4 rings (SSSR count). The fraction of sp³-hybridized carbons (Fsp3) is 0.312. The van der Waals surface area contributed by atoms with Crippen molar-refractivity contribution in [2.24, 2.45) is 22.2 Å². The standard InChI is InChI=1S/C32H40N10O6/c33-23(5-3-11-37-32(34)35)28(44)40-26(13-19-15-38-24-6-2-1-4-22(19)24)30(46)41-25(12-18-7-9-21(43)10-8-18)29(45)42-27(31(47)48)14-20-16-36-17-39-20/h1-2,4,6-10,15-17,23,25-27,38,43H,3,5,11-14,33H2,(H,36,39)(H,40,44)(H,41,46)(H,42,45)(H,47,48)(H4,34,35,37). The van der Waals surface area contributed by atoms with Crippen LogP contribution >= 0.6 is 0 Å². The third kappa shape index (κ3) is 10.1. The van der Waals surface area contributed by atoms with Gasteiger partial charge in [-0.25, -0.2) is 9.78 Å². The van der Waals surface area contributed by atoms with E-state index in [0.29, 0.717) is 17.7 Å². The molecule has 16 nitrogen and oxygen atoms in total. The summed E-state index contributed by atoms with van der Waals surface area (Å²) in [6.45, 7) is 0.272. The number of hydrogen-bond acceptors (Lipinski definition) is 8. The summed E-state index contributed by atoms with van der Waals surface area (Å²) in [7, 11) is 0. The van der Waals surface area contributed by atoms with E-state index in [-0.39, 0.29) is 43.9 Å². The number of carboxylic acids is 1. The number of benzene rings is 2. The van der Waals surface area contributed by atoms with Crippen LogP contribution in [-0.2, 0) is 38.4 Å². The van der Waals surface area contributed by atoms with Crippen molar-refractivity contribution in [2.45, 2.75) is 56.3 Å². The Balaban J connectivity index is 1.57. The van der Waals surface area contributed by atoms with Gasteiger partial charge in [0.2, 0.25) is 17.7 Å². The highest BCUT2D eigenvalue weighted by Gasteiger charge is 2.31. The number of H-pyrrole nitrogens is 2. The number of aromatic nitrogens is 3. The summed E-state index contributed by atoms with van der Waals surface area (Å²) in [6.07, 6.45) is 5.15. The molecular formula is C32H40N10O6. The molecule has 0 aliphatic rings. The number of nitrogens with two attached hydrogens (primary N) is 3. The number of carboxylic acid groups (broad SMARTS) is 1. The first-order chi connectivity index (χ1) is 23.0. The molecule has 4 aromatic rings. The number of aromatic amines is 2. The van der Waals surface area contributed by atoms with Crippen LogP contribution in [0.5, 0.6) is 5.75 Å². The predicted octanol–water partition coefficient (Wildman–Crippen LogP) is -0.456. The van der Waals surface area contributed by atoms with Gasteiger partial charge < -0.3 is 53.3 Å². The number of carbonyl (C=O) groups excluding carboxylic acids is 3. The van der Waals surface area contributed by atoms with Crippen molar-refractivity contribution in [3.8, 4) is 5.75 Å². The number of fused-ring (bicyclic) bond motifs is 1. The molecule has 0 aliphatic heterocycles. The van der Waals surface area contributed by atoms with Crippen molar-refractivity contribution in [3.05, 3.63) is 84.1 Å². The van der Waals surface area contributed by atoms with Crippen LogP contribution in [-0.4, -0.2) is 85.5 Å². The molecular weight excluding hydrogens is 620 g/mol. The number of aromatic hydroxyl groups is 1. The zero-order chi connectivity index (χ0) is 34.6. The number of aliphatic carboxylic acids is 1. The van der Waals surface area contributed by atoms with Gasteiger partial charge in [0, 0.05) is 54.8 Å². The fourth-order valence-corrected chi connectivity index (χ4v) is 5.10. The maximum absolute atomic E-state index is 14.0. The lowest BCUT2D eigenvalue weighted by atomic mass is 10.0. The molecule has 4 unspecified atom stereocenters. The number of hydrogen-bond donors (Lipinski definition) is 10. The molecule has 2 aromatic carbocycles.